The molecule has 1 saturated heterocycles. The third-order valence-corrected chi connectivity index (χ3v) is 5.48. The summed E-state index contributed by atoms with van der Waals surface area (Å²) in [6.07, 6.45) is 1.48. The zero-order valence-electron chi connectivity index (χ0n) is 17.6. The first-order valence-electron chi connectivity index (χ1n) is 9.98. The molecule has 4 rings (SSSR count). The van der Waals surface area contributed by atoms with Crippen LogP contribution in [0, 0.1) is 0 Å². The highest BCUT2D eigenvalue weighted by Crippen LogP contribution is 2.34. The zero-order valence-corrected chi connectivity index (χ0v) is 19.2. The average molecular weight is 479 g/mol. The summed E-state index contributed by atoms with van der Waals surface area (Å²) in [5.74, 6) is -0.243. The van der Waals surface area contributed by atoms with Crippen LogP contribution in [0.2, 0.25) is 5.02 Å². The number of rotatable bonds is 6. The van der Waals surface area contributed by atoms with E-state index in [1.165, 1.54) is 18.1 Å². The van der Waals surface area contributed by atoms with E-state index in [1.807, 2.05) is 30.3 Å². The van der Waals surface area contributed by atoms with Gasteiger partial charge in [-0.25, -0.2) is 0 Å². The van der Waals surface area contributed by atoms with Gasteiger partial charge in [0, 0.05) is 10.6 Å². The molecule has 8 heteroatoms. The molecule has 0 atom stereocenters. The number of carbonyl (C=O) groups excluding carboxylic acids is 2. The molecule has 0 saturated carbocycles. The van der Waals surface area contributed by atoms with Crippen molar-refractivity contribution < 1.29 is 19.1 Å². The fourth-order valence-corrected chi connectivity index (χ4v) is 3.74. The Hall–Kier alpha value is -3.68. The quantitative estimate of drug-likeness (QED) is 0.314. The van der Waals surface area contributed by atoms with Crippen LogP contribution in [-0.4, -0.2) is 24.0 Å². The van der Waals surface area contributed by atoms with E-state index in [1.54, 1.807) is 42.5 Å². The molecule has 1 heterocycles. The zero-order chi connectivity index (χ0) is 23.4. The van der Waals surface area contributed by atoms with Crippen molar-refractivity contribution in [2.45, 2.75) is 6.61 Å². The van der Waals surface area contributed by atoms with Gasteiger partial charge in [-0.05, 0) is 54.2 Å². The molecular formula is C25H19ClN2O4S. The molecular weight excluding hydrogens is 460 g/mol. The van der Waals surface area contributed by atoms with Crippen LogP contribution in [0.15, 0.2) is 78.4 Å². The molecule has 3 aromatic carbocycles. The first kappa shape index (κ1) is 22.5. The molecule has 0 bridgehead atoms. The predicted molar refractivity (Wildman–Crippen MR) is 131 cm³/mol. The number of carbonyl (C=O) groups is 2. The van der Waals surface area contributed by atoms with Crippen molar-refractivity contribution in [3.63, 3.8) is 0 Å². The Morgan fingerprint density at radius 3 is 2.42 bits per heavy atom. The van der Waals surface area contributed by atoms with E-state index in [9.17, 15) is 9.59 Å². The molecule has 33 heavy (non-hydrogen) atoms. The molecule has 0 spiro atoms. The number of halogens is 1. The highest BCUT2D eigenvalue weighted by Gasteiger charge is 2.34. The third-order valence-electron chi connectivity index (χ3n) is 4.94. The van der Waals surface area contributed by atoms with E-state index in [4.69, 9.17) is 33.3 Å². The summed E-state index contributed by atoms with van der Waals surface area (Å²) in [5, 5.41) is 3.09. The Bertz CT molecular complexity index is 1240. The summed E-state index contributed by atoms with van der Waals surface area (Å²) < 4.78 is 11.5. The molecule has 2 amide bonds. The van der Waals surface area contributed by atoms with Gasteiger partial charge in [-0.3, -0.25) is 19.8 Å². The summed E-state index contributed by atoms with van der Waals surface area (Å²) in [6.45, 7) is 0.290. The minimum Gasteiger partial charge on any atom is -0.493 e. The van der Waals surface area contributed by atoms with Crippen LogP contribution in [0.3, 0.4) is 0 Å². The molecule has 3 aromatic rings. The number of ether oxygens (including phenoxy) is 2. The first-order valence-corrected chi connectivity index (χ1v) is 10.8. The van der Waals surface area contributed by atoms with Crippen molar-refractivity contribution in [2.75, 3.05) is 12.0 Å². The van der Waals surface area contributed by atoms with Gasteiger partial charge in [-0.1, -0.05) is 54.1 Å². The van der Waals surface area contributed by atoms with Crippen molar-refractivity contribution in [3.8, 4) is 11.5 Å². The monoisotopic (exact) mass is 478 g/mol. The van der Waals surface area contributed by atoms with E-state index >= 15 is 0 Å². The number of nitrogens with zero attached hydrogens (tertiary/aromatic N) is 1. The van der Waals surface area contributed by atoms with Gasteiger partial charge in [0.15, 0.2) is 16.6 Å². The Balaban J connectivity index is 1.70. The van der Waals surface area contributed by atoms with Gasteiger partial charge in [0.1, 0.15) is 12.2 Å². The van der Waals surface area contributed by atoms with E-state index in [-0.39, 0.29) is 10.7 Å². The first-order chi connectivity index (χ1) is 16.0. The van der Waals surface area contributed by atoms with Gasteiger partial charge in [-0.2, -0.15) is 0 Å². The van der Waals surface area contributed by atoms with Gasteiger partial charge in [0.05, 0.1) is 12.8 Å². The highest BCUT2D eigenvalue weighted by atomic mass is 35.5. The molecule has 1 fully saturated rings. The molecule has 1 aliphatic rings. The second-order valence-electron chi connectivity index (χ2n) is 7.09. The Morgan fingerprint density at radius 2 is 1.73 bits per heavy atom. The van der Waals surface area contributed by atoms with Crippen LogP contribution in [0.1, 0.15) is 11.1 Å². The molecule has 1 N–H and O–H groups in total. The molecule has 0 aromatic heterocycles. The van der Waals surface area contributed by atoms with Crippen LogP contribution in [0.25, 0.3) is 6.08 Å². The number of nitrogens with one attached hydrogen (secondary N) is 1. The Kier molecular flexibility index (Phi) is 6.72. The molecule has 1 aliphatic heterocycles. The normalized spacial score (nSPS) is 14.9. The summed E-state index contributed by atoms with van der Waals surface area (Å²) in [4.78, 5) is 27.2. The van der Waals surface area contributed by atoms with E-state index < -0.39 is 11.8 Å². The van der Waals surface area contributed by atoms with Crippen molar-refractivity contribution in [1.82, 2.24) is 5.32 Å². The lowest BCUT2D eigenvalue weighted by Gasteiger charge is -2.29. The Labute approximate surface area is 201 Å². The maximum absolute atomic E-state index is 13.3. The van der Waals surface area contributed by atoms with Gasteiger partial charge in [0.25, 0.3) is 11.8 Å². The SMILES string of the molecule is COc1cccc(/C=C2/C(=O)NC(=S)N(c3ccc(Cl)cc3)C2=O)c1OCc1ccccc1. The minimum absolute atomic E-state index is 0.00401. The van der Waals surface area contributed by atoms with Crippen LogP contribution in [0.4, 0.5) is 5.69 Å². The van der Waals surface area contributed by atoms with Crippen LogP contribution >= 0.6 is 23.8 Å². The largest absolute Gasteiger partial charge is 0.493 e. The number of thiocarbonyl (C=S) groups is 1. The average Bonchev–Trinajstić information content (AvgIpc) is 2.82. The summed E-state index contributed by atoms with van der Waals surface area (Å²) in [5.41, 5.74) is 1.89. The molecule has 166 valence electrons. The van der Waals surface area contributed by atoms with Crippen LogP contribution in [-0.2, 0) is 16.2 Å². The Morgan fingerprint density at radius 1 is 1.00 bits per heavy atom. The maximum atomic E-state index is 13.3. The third kappa shape index (κ3) is 4.89. The van der Waals surface area contributed by atoms with Crippen molar-refractivity contribution in [1.29, 1.82) is 0 Å². The molecule has 6 nitrogen and oxygen atoms in total. The fraction of sp³-hybridized carbons (Fsp3) is 0.0800. The number of amides is 2. The molecule has 0 unspecified atom stereocenters. The van der Waals surface area contributed by atoms with E-state index in [2.05, 4.69) is 5.32 Å². The van der Waals surface area contributed by atoms with Crippen LogP contribution in [0.5, 0.6) is 11.5 Å². The van der Waals surface area contributed by atoms with Crippen molar-refractivity contribution in [2.24, 2.45) is 0 Å². The standard InChI is InChI=1S/C25H19ClN2O4S/c1-31-21-9-5-8-17(22(21)32-15-16-6-3-2-4-7-16)14-20-23(29)27-25(33)28(24(20)30)19-12-10-18(26)11-13-19/h2-14H,15H2,1H3,(H,27,29,33)/b20-14-. The van der Waals surface area contributed by atoms with E-state index in [0.717, 1.165) is 5.56 Å². The molecule has 0 aliphatic carbocycles. The summed E-state index contributed by atoms with van der Waals surface area (Å²) in [7, 11) is 1.53. The number of methoxy groups -OCH3 is 1. The van der Waals surface area contributed by atoms with Gasteiger partial charge in [0.2, 0.25) is 0 Å². The second-order valence-corrected chi connectivity index (χ2v) is 7.91. The summed E-state index contributed by atoms with van der Waals surface area (Å²) in [6, 6.07) is 21.5. The number of hydrogen-bond donors (Lipinski definition) is 1. The van der Waals surface area contributed by atoms with Gasteiger partial charge in [-0.15, -0.1) is 0 Å². The summed E-state index contributed by atoms with van der Waals surface area (Å²) >= 11 is 11.2. The highest BCUT2D eigenvalue weighted by molar-refractivity contribution is 7.80. The number of anilines is 1. The van der Waals surface area contributed by atoms with Gasteiger partial charge >= 0.3 is 0 Å². The number of para-hydroxylation sites is 1. The lowest BCUT2D eigenvalue weighted by atomic mass is 10.1. The van der Waals surface area contributed by atoms with Crippen molar-refractivity contribution in [3.05, 3.63) is 94.5 Å². The van der Waals surface area contributed by atoms with Crippen LogP contribution < -0.4 is 19.7 Å². The predicted octanol–water partition coefficient (Wildman–Crippen LogP) is 4.76. The molecule has 0 radical (unpaired) electrons. The maximum Gasteiger partial charge on any atom is 0.270 e. The van der Waals surface area contributed by atoms with Crippen molar-refractivity contribution >= 4 is 52.5 Å². The van der Waals surface area contributed by atoms with E-state index in [0.29, 0.717) is 34.4 Å². The second kappa shape index (κ2) is 9.85. The lowest BCUT2D eigenvalue weighted by molar-refractivity contribution is -0.122. The fourth-order valence-electron chi connectivity index (χ4n) is 3.33. The van der Waals surface area contributed by atoms with Gasteiger partial charge < -0.3 is 9.47 Å². The topological polar surface area (TPSA) is 67.9 Å². The smallest absolute Gasteiger partial charge is 0.270 e. The number of benzene rings is 3. The lowest BCUT2D eigenvalue weighted by Crippen LogP contribution is -2.54. The number of hydrogen-bond acceptors (Lipinski definition) is 5. The minimum atomic E-state index is -0.591.